The zero-order valence-electron chi connectivity index (χ0n) is 10.6. The van der Waals surface area contributed by atoms with Gasteiger partial charge in [0.05, 0.1) is 10.6 Å². The number of nitrogen functional groups attached to an aromatic ring is 1. The van der Waals surface area contributed by atoms with Crippen LogP contribution in [-0.4, -0.2) is 15.1 Å². The Morgan fingerprint density at radius 2 is 1.45 bits per heavy atom. The Morgan fingerprint density at radius 3 is 1.91 bits per heavy atom. The minimum atomic E-state index is -1.02. The molecule has 0 aliphatic heterocycles. The second-order valence-electron chi connectivity index (χ2n) is 3.84. The molecule has 0 bridgehead atoms. The molecule has 0 spiro atoms. The number of phenolic OH excluding ortho intramolecular Hbond substituents is 2. The fraction of sp³-hybridized carbons (Fsp3) is 0. The molecule has 2 rings (SSSR count). The summed E-state index contributed by atoms with van der Waals surface area (Å²) in [4.78, 5) is 9.33. The second kappa shape index (κ2) is 7.36. The molecule has 0 atom stereocenters. The third-order valence-electron chi connectivity index (χ3n) is 2.26. The van der Waals surface area contributed by atoms with Crippen molar-refractivity contribution in [2.75, 3.05) is 5.73 Å². The maximum atomic E-state index is 12.6. The zero-order valence-corrected chi connectivity index (χ0v) is 13.7. The molecule has 4 N–H and O–H groups in total. The summed E-state index contributed by atoms with van der Waals surface area (Å²) < 4.78 is 25.8. The number of halogens is 4. The van der Waals surface area contributed by atoms with Gasteiger partial charge in [0.25, 0.3) is 0 Å². The number of rotatable bonds is 1. The van der Waals surface area contributed by atoms with Gasteiger partial charge in [0.2, 0.25) is 5.75 Å². The standard InChI is InChI=1S/C6H3BrFNO3.C6H5BrFNO/c7-3-1-4(8)6(10)5(2-3)9(11)12;7-3-1-4(8)6(10)5(9)2-3/h1-2,10H;1-2,10H,9H2. The van der Waals surface area contributed by atoms with Gasteiger partial charge in [0, 0.05) is 15.0 Å². The van der Waals surface area contributed by atoms with Crippen LogP contribution in [0.25, 0.3) is 0 Å². The highest BCUT2D eigenvalue weighted by Crippen LogP contribution is 2.31. The summed E-state index contributed by atoms with van der Waals surface area (Å²) in [6.07, 6.45) is 0. The molecule has 0 amide bonds. The summed E-state index contributed by atoms with van der Waals surface area (Å²) in [6.45, 7) is 0. The van der Waals surface area contributed by atoms with Crippen LogP contribution in [0, 0.1) is 21.7 Å². The van der Waals surface area contributed by atoms with Crippen LogP contribution in [0.1, 0.15) is 0 Å². The molecule has 0 radical (unpaired) electrons. The molecule has 10 heteroatoms. The van der Waals surface area contributed by atoms with Crippen molar-refractivity contribution in [2.45, 2.75) is 0 Å². The van der Waals surface area contributed by atoms with Gasteiger partial charge >= 0.3 is 5.69 Å². The molecular formula is C12H8Br2F2N2O4. The molecule has 118 valence electrons. The first-order valence-electron chi connectivity index (χ1n) is 5.39. The van der Waals surface area contributed by atoms with Crippen molar-refractivity contribution < 1.29 is 23.9 Å². The topological polar surface area (TPSA) is 110 Å². The highest BCUT2D eigenvalue weighted by molar-refractivity contribution is 9.10. The van der Waals surface area contributed by atoms with Gasteiger partial charge in [-0.3, -0.25) is 10.1 Å². The fourth-order valence-corrected chi connectivity index (χ4v) is 2.14. The lowest BCUT2D eigenvalue weighted by Gasteiger charge is -1.99. The van der Waals surface area contributed by atoms with E-state index in [9.17, 15) is 18.9 Å². The molecule has 0 aromatic heterocycles. The Labute approximate surface area is 139 Å². The smallest absolute Gasteiger partial charge is 0.314 e. The van der Waals surface area contributed by atoms with E-state index in [4.69, 9.17) is 15.9 Å². The lowest BCUT2D eigenvalue weighted by Crippen LogP contribution is -1.90. The van der Waals surface area contributed by atoms with Gasteiger partial charge < -0.3 is 15.9 Å². The average molecular weight is 442 g/mol. The Kier molecular flexibility index (Phi) is 6.06. The highest BCUT2D eigenvalue weighted by atomic mass is 79.9. The maximum absolute atomic E-state index is 12.6. The summed E-state index contributed by atoms with van der Waals surface area (Å²) in [6, 6.07) is 4.55. The van der Waals surface area contributed by atoms with Crippen LogP contribution in [0.2, 0.25) is 0 Å². The lowest BCUT2D eigenvalue weighted by atomic mass is 10.3. The van der Waals surface area contributed by atoms with Crippen LogP contribution >= 0.6 is 31.9 Å². The van der Waals surface area contributed by atoms with E-state index >= 15 is 0 Å². The number of hydrogen-bond acceptors (Lipinski definition) is 5. The molecule has 0 saturated carbocycles. The van der Waals surface area contributed by atoms with Crippen molar-refractivity contribution in [3.63, 3.8) is 0 Å². The summed E-state index contributed by atoms with van der Waals surface area (Å²) in [7, 11) is 0. The van der Waals surface area contributed by atoms with Crippen LogP contribution in [0.15, 0.2) is 33.2 Å². The number of nitrogens with zero attached hydrogens (tertiary/aromatic N) is 1. The average Bonchev–Trinajstić information content (AvgIpc) is 2.40. The van der Waals surface area contributed by atoms with Crippen LogP contribution < -0.4 is 5.73 Å². The molecule has 0 saturated heterocycles. The first kappa shape index (κ1) is 18.1. The molecular weight excluding hydrogens is 434 g/mol. The van der Waals surface area contributed by atoms with Gasteiger partial charge in [-0.25, -0.2) is 8.78 Å². The molecule has 0 unspecified atom stereocenters. The van der Waals surface area contributed by atoms with Gasteiger partial charge in [-0.15, -0.1) is 0 Å². The Morgan fingerprint density at radius 1 is 1.00 bits per heavy atom. The minimum Gasteiger partial charge on any atom is -0.503 e. The number of nitro groups is 1. The first-order valence-corrected chi connectivity index (χ1v) is 6.98. The molecule has 0 aliphatic rings. The minimum absolute atomic E-state index is 0.0341. The van der Waals surface area contributed by atoms with Crippen LogP contribution in [0.5, 0.6) is 11.5 Å². The third-order valence-corrected chi connectivity index (χ3v) is 3.18. The van der Waals surface area contributed by atoms with Crippen molar-refractivity contribution in [2.24, 2.45) is 0 Å². The number of aromatic hydroxyl groups is 2. The van der Waals surface area contributed by atoms with Gasteiger partial charge in [-0.05, 0) is 18.2 Å². The first-order chi connectivity index (χ1) is 10.1. The number of anilines is 1. The quantitative estimate of drug-likeness (QED) is 0.267. The van der Waals surface area contributed by atoms with Crippen molar-refractivity contribution in [1.82, 2.24) is 0 Å². The number of nitrogens with two attached hydrogens (primary N) is 1. The highest BCUT2D eigenvalue weighted by Gasteiger charge is 2.18. The predicted molar refractivity (Wildman–Crippen MR) is 82.6 cm³/mol. The van der Waals surface area contributed by atoms with E-state index in [0.717, 1.165) is 18.2 Å². The second-order valence-corrected chi connectivity index (χ2v) is 5.67. The van der Waals surface area contributed by atoms with E-state index in [2.05, 4.69) is 31.9 Å². The Bertz CT molecular complexity index is 706. The van der Waals surface area contributed by atoms with Crippen molar-refractivity contribution in [3.8, 4) is 11.5 Å². The summed E-state index contributed by atoms with van der Waals surface area (Å²) in [5, 5.41) is 27.8. The van der Waals surface area contributed by atoms with Crippen molar-refractivity contribution in [3.05, 3.63) is 55.0 Å². The molecule has 0 aliphatic carbocycles. The SMILES string of the molecule is Nc1cc(Br)cc(F)c1O.O=[N+]([O-])c1cc(Br)cc(F)c1O. The molecule has 2 aromatic carbocycles. The number of nitro benzene ring substituents is 1. The van der Waals surface area contributed by atoms with E-state index < -0.39 is 33.7 Å². The number of hydrogen-bond donors (Lipinski definition) is 3. The molecule has 0 fully saturated rings. The van der Waals surface area contributed by atoms with Crippen LogP contribution in [0.4, 0.5) is 20.2 Å². The van der Waals surface area contributed by atoms with Gasteiger partial charge in [-0.1, -0.05) is 31.9 Å². The van der Waals surface area contributed by atoms with Crippen molar-refractivity contribution in [1.29, 1.82) is 0 Å². The van der Waals surface area contributed by atoms with E-state index in [1.807, 2.05) is 0 Å². The predicted octanol–water partition coefficient (Wildman–Crippen LogP) is 4.08. The molecule has 0 heterocycles. The van der Waals surface area contributed by atoms with Gasteiger partial charge in [0.15, 0.2) is 17.4 Å². The molecule has 2 aromatic rings. The third kappa shape index (κ3) is 4.53. The van der Waals surface area contributed by atoms with Gasteiger partial charge in [0.1, 0.15) is 0 Å². The number of benzene rings is 2. The van der Waals surface area contributed by atoms with Crippen LogP contribution in [-0.2, 0) is 0 Å². The Balaban J connectivity index is 0.000000224. The fourth-order valence-electron chi connectivity index (χ4n) is 1.28. The Hall–Kier alpha value is -1.94. The largest absolute Gasteiger partial charge is 0.503 e. The van der Waals surface area contributed by atoms with E-state index in [-0.39, 0.29) is 10.2 Å². The monoisotopic (exact) mass is 440 g/mol. The van der Waals surface area contributed by atoms with E-state index in [1.165, 1.54) is 6.07 Å². The molecule has 6 nitrogen and oxygen atoms in total. The number of phenols is 2. The van der Waals surface area contributed by atoms with Gasteiger partial charge in [-0.2, -0.15) is 0 Å². The van der Waals surface area contributed by atoms with E-state index in [0.29, 0.717) is 4.47 Å². The van der Waals surface area contributed by atoms with Crippen molar-refractivity contribution >= 4 is 43.2 Å². The summed E-state index contributed by atoms with van der Waals surface area (Å²) in [5.41, 5.74) is 4.58. The normalized spacial score (nSPS) is 9.82. The summed E-state index contributed by atoms with van der Waals surface area (Å²) >= 11 is 5.88. The van der Waals surface area contributed by atoms with E-state index in [1.54, 1.807) is 0 Å². The zero-order chi connectivity index (χ0) is 17.0. The molecule has 22 heavy (non-hydrogen) atoms. The maximum Gasteiger partial charge on any atom is 0.314 e. The summed E-state index contributed by atoms with van der Waals surface area (Å²) in [5.74, 6) is -3.17. The lowest BCUT2D eigenvalue weighted by molar-refractivity contribution is -0.386. The van der Waals surface area contributed by atoms with Crippen LogP contribution in [0.3, 0.4) is 0 Å².